The van der Waals surface area contributed by atoms with Crippen LogP contribution in [-0.2, 0) is 0 Å². The van der Waals surface area contributed by atoms with Gasteiger partial charge in [-0.15, -0.1) is 11.3 Å². The number of halogens is 1. The van der Waals surface area contributed by atoms with Gasteiger partial charge in [-0.25, -0.2) is 4.98 Å². The molecule has 28 heavy (non-hydrogen) atoms. The number of hydrogen-bond acceptors (Lipinski definition) is 6. The molecule has 0 unspecified atom stereocenters. The van der Waals surface area contributed by atoms with Gasteiger partial charge in [-0.1, -0.05) is 24.3 Å². The predicted octanol–water partition coefficient (Wildman–Crippen LogP) is 4.72. The van der Waals surface area contributed by atoms with Crippen molar-refractivity contribution in [2.75, 3.05) is 36.4 Å². The van der Waals surface area contributed by atoms with Crippen LogP contribution in [0.1, 0.15) is 10.5 Å². The van der Waals surface area contributed by atoms with Crippen molar-refractivity contribution in [3.8, 4) is 10.6 Å². The third kappa shape index (κ3) is 4.33. The van der Waals surface area contributed by atoms with Gasteiger partial charge in [0.2, 0.25) is 0 Å². The molecule has 2 aromatic carbocycles. The molecule has 144 valence electrons. The lowest BCUT2D eigenvalue weighted by Gasteiger charge is -2.31. The van der Waals surface area contributed by atoms with Gasteiger partial charge in [0.05, 0.1) is 11.4 Å². The van der Waals surface area contributed by atoms with Gasteiger partial charge in [0.1, 0.15) is 10.7 Å². The van der Waals surface area contributed by atoms with Crippen molar-refractivity contribution in [3.05, 3.63) is 59.6 Å². The van der Waals surface area contributed by atoms with Crippen molar-refractivity contribution in [2.45, 2.75) is 4.90 Å². The molecule has 1 aliphatic rings. The summed E-state index contributed by atoms with van der Waals surface area (Å²) in [4.78, 5) is 20.6. The number of thiazole rings is 1. The smallest absolute Gasteiger partial charge is 0.275 e. The topological polar surface area (TPSA) is 57.3 Å². The number of benzene rings is 2. The number of nitrogens with one attached hydrogen (secondary N) is 2. The molecule has 1 saturated heterocycles. The molecule has 5 nitrogen and oxygen atoms in total. The molecule has 0 saturated carbocycles. The van der Waals surface area contributed by atoms with E-state index in [1.165, 1.54) is 22.3 Å². The number of amides is 1. The maximum atomic E-state index is 12.8. The Morgan fingerprint density at radius 1 is 1.14 bits per heavy atom. The number of anilines is 2. The fourth-order valence-corrected chi connectivity index (χ4v) is 4.46. The number of rotatable bonds is 5. The average Bonchev–Trinajstić information content (AvgIpc) is 3.25. The first-order valence-corrected chi connectivity index (χ1v) is 11.5. The highest BCUT2D eigenvalue weighted by Gasteiger charge is 2.17. The van der Waals surface area contributed by atoms with Crippen LogP contribution in [0.5, 0.6) is 0 Å². The van der Waals surface area contributed by atoms with E-state index in [0.29, 0.717) is 5.69 Å². The molecule has 0 spiro atoms. The number of aromatic nitrogens is 1. The molecule has 1 aliphatic heterocycles. The minimum atomic E-state index is -0.196. The third-order valence-corrected chi connectivity index (χ3v) is 6.41. The zero-order chi connectivity index (χ0) is 19.3. The maximum Gasteiger partial charge on any atom is 0.275 e. The van der Waals surface area contributed by atoms with E-state index in [4.69, 9.17) is 10.7 Å². The van der Waals surface area contributed by atoms with E-state index in [-0.39, 0.29) is 5.91 Å². The van der Waals surface area contributed by atoms with Gasteiger partial charge in [-0.05, 0) is 45.9 Å². The highest BCUT2D eigenvalue weighted by molar-refractivity contribution is 8.21. The van der Waals surface area contributed by atoms with Gasteiger partial charge >= 0.3 is 0 Å². The fourth-order valence-electron chi connectivity index (χ4n) is 3.11. The first-order valence-electron chi connectivity index (χ1n) is 8.95. The normalized spacial score (nSPS) is 14.1. The van der Waals surface area contributed by atoms with Crippen molar-refractivity contribution >= 4 is 50.3 Å². The van der Waals surface area contributed by atoms with Crippen molar-refractivity contribution in [2.24, 2.45) is 0 Å². The molecule has 0 bridgehead atoms. The van der Waals surface area contributed by atoms with Gasteiger partial charge in [0.15, 0.2) is 0 Å². The Balaban J connectivity index is 1.51. The highest BCUT2D eigenvalue weighted by Crippen LogP contribution is 2.29. The van der Waals surface area contributed by atoms with Crippen LogP contribution in [0.15, 0.2) is 58.8 Å². The molecule has 2 N–H and O–H groups in total. The number of carbonyl (C=O) groups is 1. The largest absolute Gasteiger partial charge is 0.367 e. The first kappa shape index (κ1) is 19.3. The molecule has 0 aliphatic carbocycles. The van der Waals surface area contributed by atoms with E-state index >= 15 is 0 Å². The number of nitrogens with zero attached hydrogens (tertiary/aromatic N) is 2. The summed E-state index contributed by atoms with van der Waals surface area (Å²) >= 11 is 1.46. The number of hydrogen-bond donors (Lipinski definition) is 2. The molecular formula is C20H19ClN4OS2. The third-order valence-electron chi connectivity index (χ3n) is 4.54. The predicted molar refractivity (Wildman–Crippen MR) is 119 cm³/mol. The minimum absolute atomic E-state index is 0.196. The summed E-state index contributed by atoms with van der Waals surface area (Å²) in [5.74, 6) is -0.196. The summed E-state index contributed by atoms with van der Waals surface area (Å²) in [5, 5.41) is 8.98. The van der Waals surface area contributed by atoms with Crippen LogP contribution in [-0.4, -0.2) is 37.1 Å². The summed E-state index contributed by atoms with van der Waals surface area (Å²) in [6.45, 7) is 3.73. The molecule has 4 rings (SSSR count). The fraction of sp³-hybridized carbons (Fsp3) is 0.200. The zero-order valence-corrected chi connectivity index (χ0v) is 17.4. The van der Waals surface area contributed by atoms with Crippen LogP contribution in [0.25, 0.3) is 10.6 Å². The van der Waals surface area contributed by atoms with Crippen LogP contribution >= 0.6 is 33.0 Å². The Kier molecular flexibility index (Phi) is 6.17. The molecule has 1 amide bonds. The average molecular weight is 431 g/mol. The Bertz CT molecular complexity index is 955. The molecule has 8 heteroatoms. The van der Waals surface area contributed by atoms with E-state index in [0.717, 1.165) is 53.0 Å². The van der Waals surface area contributed by atoms with Crippen LogP contribution in [0.4, 0.5) is 11.4 Å². The summed E-state index contributed by atoms with van der Waals surface area (Å²) < 4.78 is 0. The van der Waals surface area contributed by atoms with Crippen molar-refractivity contribution in [1.29, 1.82) is 0 Å². The van der Waals surface area contributed by atoms with Gasteiger partial charge in [-0.3, -0.25) is 4.79 Å². The van der Waals surface area contributed by atoms with Gasteiger partial charge < -0.3 is 15.5 Å². The lowest BCUT2D eigenvalue weighted by molar-refractivity contribution is 0.102. The molecule has 3 aromatic rings. The van der Waals surface area contributed by atoms with Gasteiger partial charge in [0.25, 0.3) is 5.91 Å². The molecule has 0 atom stereocenters. The second-order valence-electron chi connectivity index (χ2n) is 6.35. The minimum Gasteiger partial charge on any atom is -0.367 e. The number of carbonyl (C=O) groups excluding carboxylic acids is 1. The van der Waals surface area contributed by atoms with E-state index in [9.17, 15) is 4.79 Å². The Labute approximate surface area is 176 Å². The first-order chi connectivity index (χ1) is 13.7. The van der Waals surface area contributed by atoms with Gasteiger partial charge in [-0.2, -0.15) is 0 Å². The SMILES string of the molecule is O=C(Nc1ccccc1N1CCNCC1)c1csc(-c2ccc(SCl)cc2)n1. The molecular weight excluding hydrogens is 412 g/mol. The number of para-hydroxylation sites is 2. The molecule has 0 radical (unpaired) electrons. The maximum absolute atomic E-state index is 12.8. The molecule has 1 fully saturated rings. The molecule has 2 heterocycles. The van der Waals surface area contributed by atoms with Crippen LogP contribution < -0.4 is 15.5 Å². The lowest BCUT2D eigenvalue weighted by atomic mass is 10.2. The van der Waals surface area contributed by atoms with E-state index < -0.39 is 0 Å². The van der Waals surface area contributed by atoms with Gasteiger partial charge in [0, 0.05) is 42.0 Å². The summed E-state index contributed by atoms with van der Waals surface area (Å²) in [7, 11) is 6.94. The van der Waals surface area contributed by atoms with Crippen LogP contribution in [0, 0.1) is 0 Å². The van der Waals surface area contributed by atoms with Crippen LogP contribution in [0.2, 0.25) is 0 Å². The zero-order valence-electron chi connectivity index (χ0n) is 15.0. The Hall–Kier alpha value is -2.06. The second kappa shape index (κ2) is 8.96. The monoisotopic (exact) mass is 430 g/mol. The lowest BCUT2D eigenvalue weighted by Crippen LogP contribution is -2.43. The van der Waals surface area contributed by atoms with Crippen molar-refractivity contribution < 1.29 is 4.79 Å². The quantitative estimate of drug-likeness (QED) is 0.613. The second-order valence-corrected chi connectivity index (χ2v) is 8.29. The Morgan fingerprint density at radius 2 is 1.89 bits per heavy atom. The van der Waals surface area contributed by atoms with Crippen molar-refractivity contribution in [3.63, 3.8) is 0 Å². The summed E-state index contributed by atoms with van der Waals surface area (Å²) in [6.07, 6.45) is 0. The molecule has 1 aromatic heterocycles. The highest BCUT2D eigenvalue weighted by atomic mass is 35.7. The van der Waals surface area contributed by atoms with E-state index in [1.807, 2.05) is 48.5 Å². The summed E-state index contributed by atoms with van der Waals surface area (Å²) in [5.41, 5.74) is 3.25. The Morgan fingerprint density at radius 3 is 2.64 bits per heavy atom. The van der Waals surface area contributed by atoms with Crippen molar-refractivity contribution in [1.82, 2.24) is 10.3 Å². The standard InChI is InChI=1S/C20H19ClN4OS2/c21-28-15-7-5-14(6-8-15)20-24-17(13-27-20)19(26)23-16-3-1-2-4-18(16)25-11-9-22-10-12-25/h1-8,13,22H,9-12H2,(H,23,26). The van der Waals surface area contributed by atoms with E-state index in [2.05, 4.69) is 20.5 Å². The summed E-state index contributed by atoms with van der Waals surface area (Å²) in [6, 6.07) is 15.7. The number of piperazine rings is 1. The van der Waals surface area contributed by atoms with Crippen LogP contribution in [0.3, 0.4) is 0 Å². The van der Waals surface area contributed by atoms with E-state index in [1.54, 1.807) is 5.38 Å².